The molecule has 7 heteroatoms. The third-order valence-corrected chi connectivity index (χ3v) is 3.89. The van der Waals surface area contributed by atoms with E-state index in [1.165, 1.54) is 34.6 Å². The molecule has 0 atom stereocenters. The Labute approximate surface area is 125 Å². The Morgan fingerprint density at radius 3 is 2.59 bits per heavy atom. The normalized spacial score (nSPS) is 14.0. The van der Waals surface area contributed by atoms with Crippen LogP contribution in [0.15, 0.2) is 34.1 Å². The van der Waals surface area contributed by atoms with E-state index in [1.807, 2.05) is 0 Å². The lowest BCUT2D eigenvalue weighted by Gasteiger charge is -2.31. The second kappa shape index (κ2) is 5.40. The quantitative estimate of drug-likeness (QED) is 0.784. The van der Waals surface area contributed by atoms with E-state index in [9.17, 15) is 18.4 Å². The summed E-state index contributed by atoms with van der Waals surface area (Å²) in [5.41, 5.74) is 0.0180. The first-order valence-electron chi connectivity index (χ1n) is 6.96. The number of nitrogens with zero attached hydrogens (tertiary/aromatic N) is 3. The lowest BCUT2D eigenvalue weighted by atomic mass is 10.0. The smallest absolute Gasteiger partial charge is 0.317 e. The van der Waals surface area contributed by atoms with Crippen LogP contribution in [0, 0.1) is 11.6 Å². The minimum atomic E-state index is -0.915. The number of hydrogen-bond donors (Lipinski definition) is 0. The molecule has 0 aliphatic carbocycles. The number of hydrogen-bond acceptors (Lipinski definition) is 3. The van der Waals surface area contributed by atoms with Gasteiger partial charge in [0, 0.05) is 37.7 Å². The summed E-state index contributed by atoms with van der Waals surface area (Å²) in [5.74, 6) is -1.78. The van der Waals surface area contributed by atoms with E-state index in [0.717, 1.165) is 12.5 Å². The highest BCUT2D eigenvalue weighted by atomic mass is 19.2. The zero-order chi connectivity index (χ0) is 15.9. The number of halogens is 2. The van der Waals surface area contributed by atoms with Crippen molar-refractivity contribution in [2.75, 3.05) is 11.4 Å². The van der Waals surface area contributed by atoms with Crippen molar-refractivity contribution >= 4 is 5.69 Å². The van der Waals surface area contributed by atoms with E-state index >= 15 is 0 Å². The summed E-state index contributed by atoms with van der Waals surface area (Å²) in [7, 11) is 1.50. The minimum absolute atomic E-state index is 0.132. The van der Waals surface area contributed by atoms with Crippen molar-refractivity contribution in [3.63, 3.8) is 0 Å². The standard InChI is InChI=1S/C15H15F2N3O2/c1-18-5-6-20(15(22)14(18)21)9-19-4-2-3-10-7-11(16)12(17)8-13(10)19/h5-8H,2-4,9H2,1H3. The average molecular weight is 307 g/mol. The molecule has 1 aliphatic rings. The molecule has 2 heterocycles. The number of aromatic nitrogens is 2. The summed E-state index contributed by atoms with van der Waals surface area (Å²) >= 11 is 0. The summed E-state index contributed by atoms with van der Waals surface area (Å²) in [6.07, 6.45) is 4.45. The first-order chi connectivity index (χ1) is 10.5. The zero-order valence-electron chi connectivity index (χ0n) is 12.1. The first kappa shape index (κ1) is 14.5. The number of rotatable bonds is 2. The predicted octanol–water partition coefficient (Wildman–Crippen LogP) is 1.24. The van der Waals surface area contributed by atoms with Crippen LogP contribution in [0.4, 0.5) is 14.5 Å². The molecule has 0 spiro atoms. The molecule has 3 rings (SSSR count). The van der Waals surface area contributed by atoms with Crippen LogP contribution in [0.2, 0.25) is 0 Å². The molecular weight excluding hydrogens is 292 g/mol. The van der Waals surface area contributed by atoms with Gasteiger partial charge in [0.25, 0.3) is 0 Å². The van der Waals surface area contributed by atoms with Crippen molar-refractivity contribution in [1.82, 2.24) is 9.13 Å². The molecule has 1 aromatic carbocycles. The molecule has 5 nitrogen and oxygen atoms in total. The largest absolute Gasteiger partial charge is 0.353 e. The van der Waals surface area contributed by atoms with Crippen LogP contribution < -0.4 is 16.0 Å². The molecule has 2 aromatic rings. The molecule has 1 aromatic heterocycles. The molecule has 116 valence electrons. The van der Waals surface area contributed by atoms with Crippen molar-refractivity contribution in [2.24, 2.45) is 7.05 Å². The van der Waals surface area contributed by atoms with Crippen LogP contribution in [0.3, 0.4) is 0 Å². The molecule has 0 unspecified atom stereocenters. The number of aryl methyl sites for hydroxylation is 2. The molecular formula is C15H15F2N3O2. The molecule has 1 aliphatic heterocycles. The SMILES string of the molecule is Cn1ccn(CN2CCCc3cc(F)c(F)cc32)c(=O)c1=O. The van der Waals surface area contributed by atoms with Gasteiger partial charge < -0.3 is 9.47 Å². The highest BCUT2D eigenvalue weighted by Gasteiger charge is 2.20. The van der Waals surface area contributed by atoms with Crippen LogP contribution in [0.5, 0.6) is 0 Å². The van der Waals surface area contributed by atoms with E-state index in [2.05, 4.69) is 0 Å². The van der Waals surface area contributed by atoms with Crippen LogP contribution in [0.25, 0.3) is 0 Å². The fourth-order valence-corrected chi connectivity index (χ4v) is 2.68. The topological polar surface area (TPSA) is 47.2 Å². The van der Waals surface area contributed by atoms with Crippen molar-refractivity contribution < 1.29 is 8.78 Å². The maximum absolute atomic E-state index is 13.5. The Morgan fingerprint density at radius 2 is 1.82 bits per heavy atom. The Balaban J connectivity index is 1.99. The van der Waals surface area contributed by atoms with Crippen molar-refractivity contribution in [3.05, 3.63) is 62.4 Å². The van der Waals surface area contributed by atoms with Gasteiger partial charge in [-0.2, -0.15) is 0 Å². The average Bonchev–Trinajstić information content (AvgIpc) is 2.50. The van der Waals surface area contributed by atoms with Gasteiger partial charge in [0.15, 0.2) is 11.6 Å². The monoisotopic (exact) mass is 307 g/mol. The summed E-state index contributed by atoms with van der Waals surface area (Å²) in [5, 5.41) is 0. The molecule has 0 fully saturated rings. The molecule has 22 heavy (non-hydrogen) atoms. The van der Waals surface area contributed by atoms with Gasteiger partial charge in [-0.1, -0.05) is 0 Å². The highest BCUT2D eigenvalue weighted by Crippen LogP contribution is 2.29. The van der Waals surface area contributed by atoms with E-state index in [1.54, 1.807) is 4.90 Å². The molecule has 0 bridgehead atoms. The van der Waals surface area contributed by atoms with E-state index in [0.29, 0.717) is 24.2 Å². The molecule has 0 N–H and O–H groups in total. The van der Waals surface area contributed by atoms with Crippen molar-refractivity contribution in [1.29, 1.82) is 0 Å². The third-order valence-electron chi connectivity index (χ3n) is 3.89. The summed E-state index contributed by atoms with van der Waals surface area (Å²) in [4.78, 5) is 25.4. The van der Waals surface area contributed by atoms with Gasteiger partial charge in [-0.25, -0.2) is 8.78 Å². The van der Waals surface area contributed by atoms with Crippen LogP contribution >= 0.6 is 0 Å². The van der Waals surface area contributed by atoms with Crippen molar-refractivity contribution in [2.45, 2.75) is 19.5 Å². The molecule has 0 saturated carbocycles. The summed E-state index contributed by atoms with van der Waals surface area (Å²) in [6.45, 7) is 0.743. The van der Waals surface area contributed by atoms with Gasteiger partial charge >= 0.3 is 11.1 Å². The molecule has 0 saturated heterocycles. The fraction of sp³-hybridized carbons (Fsp3) is 0.333. The zero-order valence-corrected chi connectivity index (χ0v) is 12.1. The number of anilines is 1. The Bertz CT molecular complexity index is 842. The maximum Gasteiger partial charge on any atom is 0.317 e. The van der Waals surface area contributed by atoms with Crippen LogP contribution in [-0.4, -0.2) is 15.7 Å². The Kier molecular flexibility index (Phi) is 3.56. The van der Waals surface area contributed by atoms with Gasteiger partial charge in [-0.3, -0.25) is 14.2 Å². The van der Waals surface area contributed by atoms with E-state index < -0.39 is 22.8 Å². The van der Waals surface area contributed by atoms with Gasteiger partial charge in [0.2, 0.25) is 0 Å². The van der Waals surface area contributed by atoms with Gasteiger partial charge in [0.05, 0.1) is 6.67 Å². The lowest BCUT2D eigenvalue weighted by molar-refractivity contribution is 0.501. The number of fused-ring (bicyclic) bond motifs is 1. The molecule has 0 amide bonds. The van der Waals surface area contributed by atoms with Gasteiger partial charge in [0.1, 0.15) is 0 Å². The third kappa shape index (κ3) is 2.43. The Hall–Kier alpha value is -2.44. The van der Waals surface area contributed by atoms with Gasteiger partial charge in [-0.15, -0.1) is 0 Å². The fourth-order valence-electron chi connectivity index (χ4n) is 2.68. The Morgan fingerprint density at radius 1 is 1.09 bits per heavy atom. The second-order valence-corrected chi connectivity index (χ2v) is 5.39. The van der Waals surface area contributed by atoms with Crippen molar-refractivity contribution in [3.8, 4) is 0 Å². The lowest BCUT2D eigenvalue weighted by Crippen LogP contribution is -2.43. The predicted molar refractivity (Wildman–Crippen MR) is 78.0 cm³/mol. The van der Waals surface area contributed by atoms with Crippen LogP contribution in [-0.2, 0) is 20.1 Å². The summed E-state index contributed by atoms with van der Waals surface area (Å²) in [6, 6.07) is 2.35. The first-order valence-corrected chi connectivity index (χ1v) is 6.96. The highest BCUT2D eigenvalue weighted by molar-refractivity contribution is 5.55. The van der Waals surface area contributed by atoms with E-state index in [4.69, 9.17) is 0 Å². The maximum atomic E-state index is 13.5. The number of benzene rings is 1. The second-order valence-electron chi connectivity index (χ2n) is 5.39. The molecule has 0 radical (unpaired) electrons. The van der Waals surface area contributed by atoms with Crippen LogP contribution in [0.1, 0.15) is 12.0 Å². The summed E-state index contributed by atoms with van der Waals surface area (Å²) < 4.78 is 29.3. The minimum Gasteiger partial charge on any atom is -0.353 e. The van der Waals surface area contributed by atoms with E-state index in [-0.39, 0.29) is 6.67 Å². The van der Waals surface area contributed by atoms with Gasteiger partial charge in [-0.05, 0) is 24.5 Å².